The van der Waals surface area contributed by atoms with Crippen LogP contribution >= 0.6 is 0 Å². The van der Waals surface area contributed by atoms with E-state index in [2.05, 4.69) is 27.5 Å². The summed E-state index contributed by atoms with van der Waals surface area (Å²) in [7, 11) is 5.42. The van der Waals surface area contributed by atoms with E-state index in [1.54, 1.807) is 37.3 Å². The first-order chi connectivity index (χ1) is 19.7. The highest BCUT2D eigenvalue weighted by Crippen LogP contribution is 2.39. The van der Waals surface area contributed by atoms with E-state index in [9.17, 15) is 19.5 Å². The highest BCUT2D eigenvalue weighted by molar-refractivity contribution is 6.37. The lowest BCUT2D eigenvalue weighted by atomic mass is 9.98. The van der Waals surface area contributed by atoms with Crippen LogP contribution in [0, 0.1) is 0 Å². The number of carboxylic acid groups (broad SMARTS) is 1. The summed E-state index contributed by atoms with van der Waals surface area (Å²) in [5.74, 6) is -0.804. The van der Waals surface area contributed by atoms with E-state index in [0.29, 0.717) is 46.1 Å². The number of hydrogen-bond donors (Lipinski definition) is 3. The van der Waals surface area contributed by atoms with Gasteiger partial charge in [0.05, 0.1) is 30.5 Å². The largest absolute Gasteiger partial charge is 0.497 e. The third kappa shape index (κ3) is 6.08. The topological polar surface area (TPSA) is 114 Å². The first-order valence-corrected chi connectivity index (χ1v) is 13.4. The maximum Gasteiger partial charge on any atom is 0.335 e. The molecule has 1 saturated heterocycles. The molecule has 2 aliphatic rings. The Morgan fingerprint density at radius 2 is 1.73 bits per heavy atom. The molecular formula is C31H33N5O5. The standard InChI is InChI=1S/C31H33N5O5/c1-34-13-15-36(16-14-34)19-27(37)35(2)23-10-8-22(9-11-23)32-29(20-5-4-6-24(17-20)41-3)28-25-18-21(31(39)40)7-12-26(25)33-30(28)38/h4-12,17-18,32H,13-16,19H2,1-3H3,(H,33,38)(H,39,40)/b29-28-. The molecular weight excluding hydrogens is 522 g/mol. The predicted octanol–water partition coefficient (Wildman–Crippen LogP) is 3.54. The number of fused-ring (bicyclic) bond motifs is 1. The SMILES string of the molecule is COc1cccc(/C(Nc2ccc(N(C)C(=O)CN3CCN(C)CC3)cc2)=C2/C(=O)Nc3ccc(C(=O)O)cc32)c1. The maximum atomic E-state index is 13.2. The molecule has 5 rings (SSSR count). The zero-order valence-electron chi connectivity index (χ0n) is 23.3. The second-order valence-electron chi connectivity index (χ2n) is 10.2. The summed E-state index contributed by atoms with van der Waals surface area (Å²) in [6.45, 7) is 3.99. The third-order valence-electron chi connectivity index (χ3n) is 7.47. The predicted molar refractivity (Wildman–Crippen MR) is 159 cm³/mol. The van der Waals surface area contributed by atoms with Gasteiger partial charge < -0.3 is 30.3 Å². The highest BCUT2D eigenvalue weighted by atomic mass is 16.5. The van der Waals surface area contributed by atoms with Gasteiger partial charge in [0.25, 0.3) is 5.91 Å². The van der Waals surface area contributed by atoms with Crippen molar-refractivity contribution in [3.05, 3.63) is 83.4 Å². The van der Waals surface area contributed by atoms with Crippen LogP contribution < -0.4 is 20.3 Å². The van der Waals surface area contributed by atoms with Gasteiger partial charge in [0, 0.05) is 61.4 Å². The number of carbonyl (C=O) groups excluding carboxylic acids is 2. The molecule has 3 N–H and O–H groups in total. The molecule has 0 saturated carbocycles. The first kappa shape index (κ1) is 27.9. The van der Waals surface area contributed by atoms with Gasteiger partial charge in [0.2, 0.25) is 5.91 Å². The summed E-state index contributed by atoms with van der Waals surface area (Å²) in [6.07, 6.45) is 0. The molecule has 0 unspecified atom stereocenters. The molecule has 10 heteroatoms. The fraction of sp³-hybridized carbons (Fsp3) is 0.258. The fourth-order valence-corrected chi connectivity index (χ4v) is 4.97. The molecule has 0 aliphatic carbocycles. The van der Waals surface area contributed by atoms with Gasteiger partial charge >= 0.3 is 5.97 Å². The van der Waals surface area contributed by atoms with E-state index in [-0.39, 0.29) is 17.4 Å². The number of amides is 2. The van der Waals surface area contributed by atoms with Crippen LogP contribution in [-0.2, 0) is 9.59 Å². The number of anilines is 3. The lowest BCUT2D eigenvalue weighted by Gasteiger charge is -2.32. The Morgan fingerprint density at radius 3 is 2.41 bits per heavy atom. The van der Waals surface area contributed by atoms with Crippen LogP contribution in [0.3, 0.4) is 0 Å². The number of carboxylic acids is 1. The van der Waals surface area contributed by atoms with Crippen molar-refractivity contribution in [3.63, 3.8) is 0 Å². The Bertz CT molecular complexity index is 1510. The van der Waals surface area contributed by atoms with Gasteiger partial charge in [0.1, 0.15) is 5.75 Å². The number of methoxy groups -OCH3 is 1. The van der Waals surface area contributed by atoms with Crippen LogP contribution in [0.25, 0.3) is 11.3 Å². The van der Waals surface area contributed by atoms with Crippen LogP contribution in [-0.4, -0.2) is 86.6 Å². The van der Waals surface area contributed by atoms with Crippen molar-refractivity contribution in [3.8, 4) is 5.75 Å². The quantitative estimate of drug-likeness (QED) is 0.362. The van der Waals surface area contributed by atoms with Crippen molar-refractivity contribution in [1.82, 2.24) is 9.80 Å². The minimum atomic E-state index is -1.08. The Balaban J connectivity index is 1.45. The number of carbonyl (C=O) groups is 3. The molecule has 0 radical (unpaired) electrons. The molecule has 3 aromatic carbocycles. The van der Waals surface area contributed by atoms with Gasteiger partial charge in [-0.05, 0) is 61.6 Å². The molecule has 3 aromatic rings. The van der Waals surface area contributed by atoms with Gasteiger partial charge in [0.15, 0.2) is 0 Å². The number of nitrogens with one attached hydrogen (secondary N) is 2. The van der Waals surface area contributed by atoms with E-state index in [1.165, 1.54) is 12.1 Å². The number of likely N-dealkylation sites (N-methyl/N-ethyl adjacent to an activating group) is 2. The normalized spacial score (nSPS) is 16.5. The van der Waals surface area contributed by atoms with E-state index in [0.717, 1.165) is 31.9 Å². The average Bonchev–Trinajstić information content (AvgIpc) is 3.31. The molecule has 0 aromatic heterocycles. The number of hydrogen-bond acceptors (Lipinski definition) is 7. The molecule has 2 heterocycles. The van der Waals surface area contributed by atoms with Crippen molar-refractivity contribution in [1.29, 1.82) is 0 Å². The van der Waals surface area contributed by atoms with Crippen molar-refractivity contribution >= 4 is 46.1 Å². The summed E-state index contributed by atoms with van der Waals surface area (Å²) in [5, 5.41) is 15.8. The van der Waals surface area contributed by atoms with Crippen LogP contribution in [0.15, 0.2) is 66.7 Å². The van der Waals surface area contributed by atoms with Gasteiger partial charge in [-0.25, -0.2) is 4.79 Å². The second kappa shape index (κ2) is 11.8. The molecule has 2 amide bonds. The summed E-state index contributed by atoms with van der Waals surface area (Å²) in [6, 6.07) is 19.2. The monoisotopic (exact) mass is 555 g/mol. The zero-order valence-corrected chi connectivity index (χ0v) is 23.3. The van der Waals surface area contributed by atoms with Crippen LogP contribution in [0.5, 0.6) is 5.75 Å². The Kier molecular flexibility index (Phi) is 8.04. The van der Waals surface area contributed by atoms with Crippen molar-refractivity contribution in [2.24, 2.45) is 0 Å². The second-order valence-corrected chi connectivity index (χ2v) is 10.2. The molecule has 1 fully saturated rings. The molecule has 41 heavy (non-hydrogen) atoms. The van der Waals surface area contributed by atoms with Crippen LogP contribution in [0.1, 0.15) is 21.5 Å². The molecule has 0 atom stereocenters. The number of ether oxygens (including phenoxy) is 1. The Labute approximate surface area is 238 Å². The molecule has 2 aliphatic heterocycles. The fourth-order valence-electron chi connectivity index (χ4n) is 4.97. The van der Waals surface area contributed by atoms with Gasteiger partial charge in [-0.3, -0.25) is 14.5 Å². The minimum absolute atomic E-state index is 0.0166. The maximum absolute atomic E-state index is 13.2. The van der Waals surface area contributed by atoms with E-state index >= 15 is 0 Å². The van der Waals surface area contributed by atoms with Crippen molar-refractivity contribution in [2.45, 2.75) is 0 Å². The lowest BCUT2D eigenvalue weighted by Crippen LogP contribution is -2.48. The van der Waals surface area contributed by atoms with Crippen molar-refractivity contribution < 1.29 is 24.2 Å². The molecule has 212 valence electrons. The number of piperazine rings is 1. The molecule has 0 spiro atoms. The Morgan fingerprint density at radius 1 is 1.00 bits per heavy atom. The molecule has 10 nitrogen and oxygen atoms in total. The molecule has 0 bridgehead atoms. The van der Waals surface area contributed by atoms with Gasteiger partial charge in [-0.15, -0.1) is 0 Å². The van der Waals surface area contributed by atoms with Crippen molar-refractivity contribution in [2.75, 3.05) is 69.5 Å². The smallest absolute Gasteiger partial charge is 0.335 e. The van der Waals surface area contributed by atoms with Crippen LogP contribution in [0.4, 0.5) is 17.1 Å². The number of nitrogens with zero attached hydrogens (tertiary/aromatic N) is 3. The number of benzene rings is 3. The lowest BCUT2D eigenvalue weighted by molar-refractivity contribution is -0.119. The van der Waals surface area contributed by atoms with Crippen LogP contribution in [0.2, 0.25) is 0 Å². The summed E-state index contributed by atoms with van der Waals surface area (Å²) >= 11 is 0. The van der Waals surface area contributed by atoms with E-state index in [1.807, 2.05) is 36.4 Å². The van der Waals surface area contributed by atoms with E-state index < -0.39 is 5.97 Å². The third-order valence-corrected chi connectivity index (χ3v) is 7.47. The van der Waals surface area contributed by atoms with Gasteiger partial charge in [-0.1, -0.05) is 12.1 Å². The zero-order chi connectivity index (χ0) is 29.1. The first-order valence-electron chi connectivity index (χ1n) is 13.4. The number of aromatic carboxylic acids is 1. The van der Waals surface area contributed by atoms with E-state index in [4.69, 9.17) is 4.74 Å². The summed E-state index contributed by atoms with van der Waals surface area (Å²) in [4.78, 5) is 43.9. The summed E-state index contributed by atoms with van der Waals surface area (Å²) < 4.78 is 5.42. The highest BCUT2D eigenvalue weighted by Gasteiger charge is 2.30. The summed E-state index contributed by atoms with van der Waals surface area (Å²) in [5.41, 5.74) is 4.05. The Hall–Kier alpha value is -4.67. The number of rotatable bonds is 8. The van der Waals surface area contributed by atoms with Gasteiger partial charge in [-0.2, -0.15) is 0 Å². The minimum Gasteiger partial charge on any atom is -0.497 e. The average molecular weight is 556 g/mol.